The molecule has 6 nitrogen and oxygen atoms in total. The second-order valence-electron chi connectivity index (χ2n) is 7.00. The predicted molar refractivity (Wildman–Crippen MR) is 110 cm³/mol. The highest BCUT2D eigenvalue weighted by Gasteiger charge is 2.28. The summed E-state index contributed by atoms with van der Waals surface area (Å²) in [6, 6.07) is 17.3. The van der Waals surface area contributed by atoms with Crippen LogP contribution in [0.2, 0.25) is 0 Å². The van der Waals surface area contributed by atoms with E-state index in [1.807, 2.05) is 54.6 Å². The van der Waals surface area contributed by atoms with E-state index in [-0.39, 0.29) is 11.7 Å². The third-order valence-corrected chi connectivity index (χ3v) is 4.72. The average molecular weight is 374 g/mol. The molecule has 4 rings (SSSR count). The van der Waals surface area contributed by atoms with E-state index in [2.05, 4.69) is 27.5 Å². The number of benzene rings is 2. The summed E-state index contributed by atoms with van der Waals surface area (Å²) in [5, 5.41) is 6.52. The van der Waals surface area contributed by atoms with Crippen LogP contribution in [0, 0.1) is 5.92 Å². The quantitative estimate of drug-likeness (QED) is 0.672. The summed E-state index contributed by atoms with van der Waals surface area (Å²) in [5.74, 6) is 2.13. The molecular formula is C22H22N4O2. The van der Waals surface area contributed by atoms with Crippen LogP contribution in [0.5, 0.6) is 5.75 Å². The van der Waals surface area contributed by atoms with Crippen molar-refractivity contribution in [2.45, 2.75) is 19.8 Å². The molecule has 2 aromatic carbocycles. The Hall–Kier alpha value is -3.41. The van der Waals surface area contributed by atoms with E-state index in [9.17, 15) is 4.79 Å². The molecule has 1 heterocycles. The zero-order valence-corrected chi connectivity index (χ0v) is 15.9. The Bertz CT molecular complexity index is 987. The number of carbonyl (C=O) groups excluding carboxylic acids is 1. The molecule has 0 aliphatic heterocycles. The van der Waals surface area contributed by atoms with E-state index >= 15 is 0 Å². The number of Topliss-reactive ketones (excluding diaryl/α,β-unsaturated/α-hetero) is 1. The van der Waals surface area contributed by atoms with Crippen LogP contribution in [0.15, 0.2) is 54.6 Å². The summed E-state index contributed by atoms with van der Waals surface area (Å²) in [5.41, 5.74) is 3.10. The summed E-state index contributed by atoms with van der Waals surface area (Å²) < 4.78 is 5.21. The van der Waals surface area contributed by atoms with E-state index in [0.29, 0.717) is 23.8 Å². The molecule has 0 bridgehead atoms. The van der Waals surface area contributed by atoms with Gasteiger partial charge in [-0.2, -0.15) is 4.98 Å². The normalized spacial score (nSPS) is 15.6. The molecule has 1 aliphatic rings. The number of carbonyl (C=O) groups is 1. The van der Waals surface area contributed by atoms with E-state index in [1.165, 1.54) is 0 Å². The van der Waals surface area contributed by atoms with Crippen LogP contribution in [0.25, 0.3) is 0 Å². The number of para-hydroxylation sites is 1. The van der Waals surface area contributed by atoms with Crippen LogP contribution in [-0.4, -0.2) is 22.9 Å². The first kappa shape index (κ1) is 18.0. The van der Waals surface area contributed by atoms with Crippen LogP contribution in [0.4, 0.5) is 23.1 Å². The van der Waals surface area contributed by atoms with Gasteiger partial charge in [-0.05, 0) is 48.7 Å². The van der Waals surface area contributed by atoms with Gasteiger partial charge in [0, 0.05) is 17.8 Å². The summed E-state index contributed by atoms with van der Waals surface area (Å²) >= 11 is 0. The largest absolute Gasteiger partial charge is 0.497 e. The molecule has 2 N–H and O–H groups in total. The second-order valence-corrected chi connectivity index (χ2v) is 7.00. The number of anilines is 4. The van der Waals surface area contributed by atoms with Gasteiger partial charge in [0.2, 0.25) is 5.95 Å². The third-order valence-electron chi connectivity index (χ3n) is 4.72. The number of hydrogen-bond acceptors (Lipinski definition) is 6. The van der Waals surface area contributed by atoms with Gasteiger partial charge in [0.1, 0.15) is 11.6 Å². The van der Waals surface area contributed by atoms with Gasteiger partial charge in [0.05, 0.1) is 18.4 Å². The van der Waals surface area contributed by atoms with Gasteiger partial charge < -0.3 is 15.4 Å². The van der Waals surface area contributed by atoms with Crippen LogP contribution < -0.4 is 15.4 Å². The Labute approximate surface area is 164 Å². The van der Waals surface area contributed by atoms with Crippen molar-refractivity contribution in [2.75, 3.05) is 17.7 Å². The van der Waals surface area contributed by atoms with Crippen molar-refractivity contribution in [2.24, 2.45) is 5.92 Å². The Morgan fingerprint density at radius 3 is 2.36 bits per heavy atom. The fraction of sp³-hybridized carbons (Fsp3) is 0.227. The van der Waals surface area contributed by atoms with Crippen molar-refractivity contribution in [3.8, 4) is 5.75 Å². The number of fused-ring (bicyclic) bond motifs is 1. The summed E-state index contributed by atoms with van der Waals surface area (Å²) in [4.78, 5) is 22.0. The topological polar surface area (TPSA) is 76.1 Å². The molecule has 0 radical (unpaired) electrons. The number of aromatic nitrogens is 2. The lowest BCUT2D eigenvalue weighted by Crippen LogP contribution is -2.22. The Balaban J connectivity index is 1.72. The highest BCUT2D eigenvalue weighted by Crippen LogP contribution is 2.32. The molecule has 0 amide bonds. The average Bonchev–Trinajstić information content (AvgIpc) is 2.68. The standard InChI is InChI=1S/C22H22N4O2/c1-14-12-18-20(19(27)13-14)21(23-16-8-10-17(28-2)11-9-16)26-22(25-18)24-15-6-4-3-5-7-15/h3-11,14H,12-13H2,1-2H3,(H2,23,24,25,26). The van der Waals surface area contributed by atoms with Crippen LogP contribution in [0.3, 0.4) is 0 Å². The van der Waals surface area contributed by atoms with Crippen LogP contribution in [0.1, 0.15) is 29.4 Å². The van der Waals surface area contributed by atoms with E-state index in [1.54, 1.807) is 7.11 Å². The molecule has 1 atom stereocenters. The fourth-order valence-electron chi connectivity index (χ4n) is 3.38. The second kappa shape index (κ2) is 7.68. The molecule has 6 heteroatoms. The molecule has 1 aromatic heterocycles. The Morgan fingerprint density at radius 1 is 0.929 bits per heavy atom. The molecular weight excluding hydrogens is 352 g/mol. The molecule has 0 spiro atoms. The van der Waals surface area contributed by atoms with Crippen molar-refractivity contribution in [1.82, 2.24) is 9.97 Å². The Morgan fingerprint density at radius 2 is 1.64 bits per heavy atom. The maximum Gasteiger partial charge on any atom is 0.229 e. The van der Waals surface area contributed by atoms with Gasteiger partial charge in [-0.25, -0.2) is 4.98 Å². The summed E-state index contributed by atoms with van der Waals surface area (Å²) in [6.07, 6.45) is 1.27. The van der Waals surface area contributed by atoms with Gasteiger partial charge in [-0.1, -0.05) is 25.1 Å². The SMILES string of the molecule is COc1ccc(Nc2nc(Nc3ccccc3)nc3c2C(=O)CC(C)C3)cc1. The Kier molecular flexibility index (Phi) is 4.93. The zero-order valence-electron chi connectivity index (χ0n) is 15.9. The molecule has 0 fully saturated rings. The van der Waals surface area contributed by atoms with Crippen LogP contribution >= 0.6 is 0 Å². The highest BCUT2D eigenvalue weighted by atomic mass is 16.5. The predicted octanol–water partition coefficient (Wildman–Crippen LogP) is 4.74. The molecule has 1 aliphatic carbocycles. The van der Waals surface area contributed by atoms with E-state index in [4.69, 9.17) is 4.74 Å². The van der Waals surface area contributed by atoms with Gasteiger partial charge in [-0.3, -0.25) is 4.79 Å². The molecule has 0 saturated heterocycles. The minimum Gasteiger partial charge on any atom is -0.497 e. The van der Waals surface area contributed by atoms with Crippen molar-refractivity contribution in [1.29, 1.82) is 0 Å². The maximum absolute atomic E-state index is 12.7. The minimum absolute atomic E-state index is 0.0797. The number of ketones is 1. The molecule has 142 valence electrons. The highest BCUT2D eigenvalue weighted by molar-refractivity contribution is 6.03. The minimum atomic E-state index is 0.0797. The van der Waals surface area contributed by atoms with E-state index in [0.717, 1.165) is 29.2 Å². The monoisotopic (exact) mass is 374 g/mol. The molecule has 1 unspecified atom stereocenters. The lowest BCUT2D eigenvalue weighted by molar-refractivity contribution is 0.0953. The molecule has 3 aromatic rings. The van der Waals surface area contributed by atoms with E-state index < -0.39 is 0 Å². The number of rotatable bonds is 5. The third kappa shape index (κ3) is 3.81. The van der Waals surface area contributed by atoms with Crippen LogP contribution in [-0.2, 0) is 6.42 Å². The summed E-state index contributed by atoms with van der Waals surface area (Å²) in [7, 11) is 1.63. The fourth-order valence-corrected chi connectivity index (χ4v) is 3.38. The zero-order chi connectivity index (χ0) is 19.5. The van der Waals surface area contributed by atoms with Crippen molar-refractivity contribution in [3.63, 3.8) is 0 Å². The van der Waals surface area contributed by atoms with Gasteiger partial charge in [-0.15, -0.1) is 0 Å². The first-order chi connectivity index (χ1) is 13.6. The molecule has 28 heavy (non-hydrogen) atoms. The smallest absolute Gasteiger partial charge is 0.229 e. The van der Waals surface area contributed by atoms with Crippen molar-refractivity contribution < 1.29 is 9.53 Å². The van der Waals surface area contributed by atoms with Gasteiger partial charge in [0.15, 0.2) is 5.78 Å². The number of hydrogen-bond donors (Lipinski definition) is 2. The van der Waals surface area contributed by atoms with Crippen molar-refractivity contribution in [3.05, 3.63) is 65.9 Å². The van der Waals surface area contributed by atoms with Crippen molar-refractivity contribution >= 4 is 28.9 Å². The maximum atomic E-state index is 12.7. The number of nitrogens with zero attached hydrogens (tertiary/aromatic N) is 2. The van der Waals surface area contributed by atoms with Gasteiger partial charge in [0.25, 0.3) is 0 Å². The lowest BCUT2D eigenvalue weighted by atomic mass is 9.87. The summed E-state index contributed by atoms with van der Waals surface area (Å²) in [6.45, 7) is 2.07. The lowest BCUT2D eigenvalue weighted by Gasteiger charge is -2.23. The first-order valence-electron chi connectivity index (χ1n) is 9.29. The molecule has 0 saturated carbocycles. The number of nitrogens with one attached hydrogen (secondary N) is 2. The van der Waals surface area contributed by atoms with Gasteiger partial charge >= 0.3 is 0 Å². The number of ether oxygens (including phenoxy) is 1. The number of methoxy groups -OCH3 is 1. The first-order valence-corrected chi connectivity index (χ1v) is 9.29.